The van der Waals surface area contributed by atoms with Crippen molar-refractivity contribution in [3.8, 4) is 0 Å². The zero-order valence-corrected chi connectivity index (χ0v) is 18.3. The number of nitrogens with zero attached hydrogens (tertiary/aromatic N) is 2. The largest absolute Gasteiger partial charge is 0.373 e. The second-order valence-electron chi connectivity index (χ2n) is 8.60. The third-order valence-corrected chi connectivity index (χ3v) is 8.50. The Bertz CT molecular complexity index is 829. The van der Waals surface area contributed by atoms with E-state index in [1.54, 1.807) is 6.07 Å². The van der Waals surface area contributed by atoms with E-state index in [2.05, 4.69) is 19.4 Å². The van der Waals surface area contributed by atoms with E-state index in [4.69, 9.17) is 0 Å². The van der Waals surface area contributed by atoms with Crippen LogP contribution in [0.3, 0.4) is 0 Å². The molecule has 0 spiro atoms. The Morgan fingerprint density at radius 1 is 1.10 bits per heavy atom. The first kappa shape index (κ1) is 22.0. The molecule has 1 aliphatic heterocycles. The molecule has 0 aromatic heterocycles. The van der Waals surface area contributed by atoms with Crippen molar-refractivity contribution in [1.82, 2.24) is 4.31 Å². The first-order valence-corrected chi connectivity index (χ1v) is 12.0. The van der Waals surface area contributed by atoms with Gasteiger partial charge in [0.1, 0.15) is 11.2 Å². The van der Waals surface area contributed by atoms with Crippen molar-refractivity contribution >= 4 is 21.4 Å². The third-order valence-electron chi connectivity index (χ3n) is 6.61. The fraction of sp³-hybridized carbons (Fsp3) is 0.700. The van der Waals surface area contributed by atoms with Gasteiger partial charge in [0.2, 0.25) is 10.0 Å². The molecule has 9 heteroatoms. The standard InChI is InChI=1S/C20H32N4O4S/c1-22(2)20(11-5-3-6-12-20)16-21-18-10-9-17(15-19(18)24(25)26)29(27,28)23-13-7-4-8-14-23/h9-10,15,21H,3-8,11-14,16H2,1-2H3/p+1. The minimum Gasteiger partial charge on any atom is -0.373 e. The van der Waals surface area contributed by atoms with Crippen LogP contribution in [0.1, 0.15) is 51.4 Å². The van der Waals surface area contributed by atoms with Gasteiger partial charge in [-0.15, -0.1) is 0 Å². The lowest BCUT2D eigenvalue weighted by atomic mass is 9.80. The summed E-state index contributed by atoms with van der Waals surface area (Å²) >= 11 is 0. The number of nitro groups is 1. The molecule has 0 amide bonds. The lowest BCUT2D eigenvalue weighted by Gasteiger charge is -2.40. The average molecular weight is 426 g/mol. The van der Waals surface area contributed by atoms with E-state index in [-0.39, 0.29) is 16.1 Å². The summed E-state index contributed by atoms with van der Waals surface area (Å²) in [5.41, 5.74) is 0.256. The number of piperidine rings is 1. The van der Waals surface area contributed by atoms with E-state index in [0.29, 0.717) is 25.3 Å². The highest BCUT2D eigenvalue weighted by atomic mass is 32.2. The topological polar surface area (TPSA) is 97.0 Å². The summed E-state index contributed by atoms with van der Waals surface area (Å²) in [7, 11) is 0.571. The van der Waals surface area contributed by atoms with Gasteiger partial charge >= 0.3 is 0 Å². The summed E-state index contributed by atoms with van der Waals surface area (Å²) in [6.07, 6.45) is 8.41. The third kappa shape index (κ3) is 4.73. The molecule has 3 rings (SSSR count). The van der Waals surface area contributed by atoms with Gasteiger partial charge in [-0.3, -0.25) is 10.1 Å². The monoisotopic (exact) mass is 425 g/mol. The molecule has 1 aliphatic carbocycles. The lowest BCUT2D eigenvalue weighted by molar-refractivity contribution is -0.915. The van der Waals surface area contributed by atoms with Crippen molar-refractivity contribution in [2.24, 2.45) is 0 Å². The van der Waals surface area contributed by atoms with Crippen LogP contribution in [0.25, 0.3) is 0 Å². The van der Waals surface area contributed by atoms with Gasteiger partial charge in [-0.25, -0.2) is 8.42 Å². The molecule has 2 N–H and O–H groups in total. The molecule has 29 heavy (non-hydrogen) atoms. The summed E-state index contributed by atoms with van der Waals surface area (Å²) in [6, 6.07) is 4.26. The Morgan fingerprint density at radius 2 is 1.72 bits per heavy atom. The van der Waals surface area contributed by atoms with Crippen LogP contribution in [0, 0.1) is 10.1 Å². The van der Waals surface area contributed by atoms with Gasteiger partial charge in [-0.1, -0.05) is 12.8 Å². The highest BCUT2D eigenvalue weighted by Crippen LogP contribution is 2.32. The summed E-state index contributed by atoms with van der Waals surface area (Å²) < 4.78 is 27.2. The molecule has 1 aromatic carbocycles. The van der Waals surface area contributed by atoms with E-state index in [9.17, 15) is 18.5 Å². The van der Waals surface area contributed by atoms with Gasteiger partial charge in [0.15, 0.2) is 0 Å². The first-order chi connectivity index (χ1) is 13.8. The maximum atomic E-state index is 12.9. The molecular formula is C20H33N4O4S+. The minimum atomic E-state index is -3.70. The number of hydrogen-bond acceptors (Lipinski definition) is 5. The van der Waals surface area contributed by atoms with Crippen molar-refractivity contribution in [3.05, 3.63) is 28.3 Å². The zero-order chi connectivity index (χ0) is 21.1. The number of likely N-dealkylation sites (N-methyl/N-ethyl adjacent to an activating group) is 1. The maximum Gasteiger partial charge on any atom is 0.293 e. The zero-order valence-electron chi connectivity index (χ0n) is 17.4. The fourth-order valence-corrected chi connectivity index (χ4v) is 6.11. The second-order valence-corrected chi connectivity index (χ2v) is 10.5. The quantitative estimate of drug-likeness (QED) is 0.515. The number of benzene rings is 1. The van der Waals surface area contributed by atoms with Gasteiger partial charge in [-0.2, -0.15) is 4.31 Å². The molecule has 0 unspecified atom stereocenters. The van der Waals surface area contributed by atoms with Crippen LogP contribution in [-0.2, 0) is 10.0 Å². The highest BCUT2D eigenvalue weighted by molar-refractivity contribution is 7.89. The number of nitro benzene ring substituents is 1. The van der Waals surface area contributed by atoms with E-state index in [0.717, 1.165) is 32.1 Å². The fourth-order valence-electron chi connectivity index (χ4n) is 4.57. The van der Waals surface area contributed by atoms with Crippen LogP contribution in [0.5, 0.6) is 0 Å². The van der Waals surface area contributed by atoms with Crippen molar-refractivity contribution in [2.75, 3.05) is 39.0 Å². The Hall–Kier alpha value is -1.71. The number of nitrogens with one attached hydrogen (secondary N) is 2. The minimum absolute atomic E-state index is 0.00210. The molecule has 2 aliphatic rings. The molecule has 2 fully saturated rings. The Balaban J connectivity index is 1.84. The van der Waals surface area contributed by atoms with Gasteiger partial charge < -0.3 is 10.2 Å². The molecule has 0 radical (unpaired) electrons. The van der Waals surface area contributed by atoms with E-state index in [1.807, 2.05) is 0 Å². The first-order valence-electron chi connectivity index (χ1n) is 10.6. The predicted molar refractivity (Wildman–Crippen MR) is 113 cm³/mol. The number of quaternary nitrogens is 1. The number of rotatable bonds is 7. The van der Waals surface area contributed by atoms with Crippen molar-refractivity contribution in [2.45, 2.75) is 61.8 Å². The lowest BCUT2D eigenvalue weighted by Crippen LogP contribution is -3.16. The van der Waals surface area contributed by atoms with Gasteiger partial charge in [0.25, 0.3) is 5.69 Å². The summed E-state index contributed by atoms with van der Waals surface area (Å²) in [6.45, 7) is 1.59. The molecule has 1 heterocycles. The van der Waals surface area contributed by atoms with E-state index >= 15 is 0 Å². The molecule has 162 valence electrons. The van der Waals surface area contributed by atoms with Crippen LogP contribution in [-0.4, -0.2) is 56.9 Å². The smallest absolute Gasteiger partial charge is 0.293 e. The Labute approximate surface area is 173 Å². The molecule has 1 saturated heterocycles. The molecule has 1 saturated carbocycles. The highest BCUT2D eigenvalue weighted by Gasteiger charge is 2.38. The van der Waals surface area contributed by atoms with Crippen molar-refractivity contribution < 1.29 is 18.2 Å². The van der Waals surface area contributed by atoms with Crippen LogP contribution < -0.4 is 10.2 Å². The Morgan fingerprint density at radius 3 is 2.31 bits per heavy atom. The second kappa shape index (κ2) is 8.97. The van der Waals surface area contributed by atoms with Crippen LogP contribution in [0.2, 0.25) is 0 Å². The summed E-state index contributed by atoms with van der Waals surface area (Å²) in [5.74, 6) is 0. The Kier molecular flexibility index (Phi) is 6.80. The maximum absolute atomic E-state index is 12.9. The van der Waals surface area contributed by atoms with Crippen LogP contribution >= 0.6 is 0 Å². The molecule has 8 nitrogen and oxygen atoms in total. The van der Waals surface area contributed by atoms with Crippen molar-refractivity contribution in [1.29, 1.82) is 0 Å². The normalized spacial score (nSPS) is 20.5. The van der Waals surface area contributed by atoms with Gasteiger partial charge in [0.05, 0.1) is 30.5 Å². The van der Waals surface area contributed by atoms with E-state index in [1.165, 1.54) is 40.6 Å². The van der Waals surface area contributed by atoms with Crippen LogP contribution in [0.15, 0.2) is 23.1 Å². The molecule has 0 bridgehead atoms. The van der Waals surface area contributed by atoms with Gasteiger partial charge in [-0.05, 0) is 37.8 Å². The van der Waals surface area contributed by atoms with Gasteiger partial charge in [0, 0.05) is 32.0 Å². The summed E-state index contributed by atoms with van der Waals surface area (Å²) in [4.78, 5) is 12.5. The molecular weight excluding hydrogens is 392 g/mol. The predicted octanol–water partition coefficient (Wildman–Crippen LogP) is 2.03. The summed E-state index contributed by atoms with van der Waals surface area (Å²) in [5, 5.41) is 15.0. The SMILES string of the molecule is C[NH+](C)C1(CNc2ccc(S(=O)(=O)N3CCCCC3)cc2[N+](=O)[O-])CCCCC1. The number of anilines is 1. The molecule has 1 aromatic rings. The average Bonchev–Trinajstić information content (AvgIpc) is 2.73. The number of sulfonamides is 1. The number of hydrogen-bond donors (Lipinski definition) is 2. The van der Waals surface area contributed by atoms with Crippen LogP contribution in [0.4, 0.5) is 11.4 Å². The molecule has 0 atom stereocenters. The van der Waals surface area contributed by atoms with Crippen molar-refractivity contribution in [3.63, 3.8) is 0 Å². The van der Waals surface area contributed by atoms with E-state index < -0.39 is 14.9 Å².